The van der Waals surface area contributed by atoms with E-state index < -0.39 is 86.8 Å². The molecule has 2 rings (SSSR count). The SMILES string of the molecule is CC/C=C\C/C=C\C/C=C\C/C=C\C/C=C\C/C=C\C/C=C\C/C=C\CCCCC(=O)NC(COC1OC(CO)C(OC2OC(CO)C(O)C(O)C2O)C(O)C1O)C(O)/C=C/CC/C=C/CCCCCCCCCCCCCCCCCC. The van der Waals surface area contributed by atoms with Crippen LogP contribution in [0.25, 0.3) is 0 Å². The van der Waals surface area contributed by atoms with Crippen LogP contribution in [0.4, 0.5) is 0 Å². The molecule has 0 bridgehead atoms. The second kappa shape index (κ2) is 52.7. The maximum absolute atomic E-state index is 13.3. The Kier molecular flexibility index (Phi) is 47.9. The molecule has 83 heavy (non-hydrogen) atoms. The Morgan fingerprint density at radius 3 is 1.33 bits per heavy atom. The Bertz CT molecular complexity index is 1850. The summed E-state index contributed by atoms with van der Waals surface area (Å²) in [5.74, 6) is -0.296. The second-order valence-electron chi connectivity index (χ2n) is 22.1. The quantitative estimate of drug-likeness (QED) is 0.0204. The van der Waals surface area contributed by atoms with E-state index in [4.69, 9.17) is 18.9 Å². The smallest absolute Gasteiger partial charge is 0.220 e. The van der Waals surface area contributed by atoms with Crippen molar-refractivity contribution in [3.05, 3.63) is 122 Å². The summed E-state index contributed by atoms with van der Waals surface area (Å²) in [6.45, 7) is 2.63. The van der Waals surface area contributed by atoms with Gasteiger partial charge in [0.05, 0.1) is 32.0 Å². The first-order chi connectivity index (χ1) is 40.6. The van der Waals surface area contributed by atoms with Gasteiger partial charge >= 0.3 is 0 Å². The topological polar surface area (TPSA) is 228 Å². The van der Waals surface area contributed by atoms with E-state index in [1.54, 1.807) is 6.08 Å². The Labute approximate surface area is 501 Å². The number of unbranched alkanes of at least 4 members (excludes halogenated alkanes) is 19. The first kappa shape index (κ1) is 75.5. The van der Waals surface area contributed by atoms with E-state index in [0.717, 1.165) is 77.0 Å². The summed E-state index contributed by atoms with van der Waals surface area (Å²) in [5, 5.41) is 87.2. The fraction of sp³-hybridized carbons (Fsp3) is 0.696. The summed E-state index contributed by atoms with van der Waals surface area (Å²) >= 11 is 0. The number of nitrogens with one attached hydrogen (secondary N) is 1. The summed E-state index contributed by atoms with van der Waals surface area (Å²) < 4.78 is 22.8. The molecule has 1 amide bonds. The van der Waals surface area contributed by atoms with Crippen molar-refractivity contribution in [2.24, 2.45) is 0 Å². The maximum atomic E-state index is 13.3. The zero-order valence-corrected chi connectivity index (χ0v) is 51.1. The molecule has 12 atom stereocenters. The molecule has 0 aromatic carbocycles. The predicted molar refractivity (Wildman–Crippen MR) is 336 cm³/mol. The lowest BCUT2D eigenvalue weighted by atomic mass is 9.97. The summed E-state index contributed by atoms with van der Waals surface area (Å²) in [6, 6.07) is -0.965. The number of aliphatic hydroxyl groups is 8. The number of rotatable bonds is 50. The number of carbonyl (C=O) groups is 1. The largest absolute Gasteiger partial charge is 0.394 e. The van der Waals surface area contributed by atoms with Crippen molar-refractivity contribution in [2.45, 2.75) is 286 Å². The van der Waals surface area contributed by atoms with Crippen LogP contribution >= 0.6 is 0 Å². The molecule has 0 aromatic rings. The van der Waals surface area contributed by atoms with Crippen molar-refractivity contribution in [1.82, 2.24) is 5.32 Å². The van der Waals surface area contributed by atoms with Gasteiger partial charge < -0.3 is 65.1 Å². The lowest BCUT2D eigenvalue weighted by molar-refractivity contribution is -0.359. The highest BCUT2D eigenvalue weighted by Gasteiger charge is 2.51. The first-order valence-corrected chi connectivity index (χ1v) is 32.3. The molecule has 2 aliphatic heterocycles. The highest BCUT2D eigenvalue weighted by Crippen LogP contribution is 2.30. The zero-order valence-electron chi connectivity index (χ0n) is 51.1. The third kappa shape index (κ3) is 37.5. The summed E-state index contributed by atoms with van der Waals surface area (Å²) in [6.07, 6.45) is 59.5. The average Bonchev–Trinajstić information content (AvgIpc) is 3.65. The number of ether oxygens (including phenoxy) is 4. The number of hydrogen-bond acceptors (Lipinski definition) is 13. The molecule has 0 aromatic heterocycles. The van der Waals surface area contributed by atoms with E-state index in [2.05, 4.69) is 129 Å². The van der Waals surface area contributed by atoms with Gasteiger partial charge in [-0.3, -0.25) is 4.79 Å². The molecule has 2 saturated heterocycles. The van der Waals surface area contributed by atoms with E-state index in [0.29, 0.717) is 12.8 Å². The fourth-order valence-corrected chi connectivity index (χ4v) is 9.73. The molecule has 14 heteroatoms. The lowest BCUT2D eigenvalue weighted by Gasteiger charge is -2.46. The van der Waals surface area contributed by atoms with Crippen LogP contribution in [0.5, 0.6) is 0 Å². The molecule has 0 radical (unpaired) electrons. The average molecular weight is 1170 g/mol. The normalized spacial score (nSPS) is 24.7. The van der Waals surface area contributed by atoms with Gasteiger partial charge in [0.2, 0.25) is 5.91 Å². The van der Waals surface area contributed by atoms with Crippen molar-refractivity contribution in [1.29, 1.82) is 0 Å². The van der Waals surface area contributed by atoms with Gasteiger partial charge in [0, 0.05) is 6.42 Å². The van der Waals surface area contributed by atoms with Gasteiger partial charge in [-0.2, -0.15) is 0 Å². The van der Waals surface area contributed by atoms with Crippen molar-refractivity contribution in [3.8, 4) is 0 Å². The minimum atomic E-state index is -1.80. The monoisotopic (exact) mass is 1170 g/mol. The first-order valence-electron chi connectivity index (χ1n) is 32.3. The number of carbonyl (C=O) groups excluding carboxylic acids is 1. The standard InChI is InChI=1S/C69H115NO13/c1-3-5-7-9-11-13-15-17-19-21-23-25-27-28-29-30-31-33-35-37-39-41-43-45-47-49-51-53-61(74)70-57(56-80-68-66(79)64(77)67(60(55-72)82-68)83-69-65(78)63(76)62(75)59(54-71)81-69)58(73)52-50-48-46-44-42-40-38-36-34-32-26-24-22-20-18-16-14-12-10-8-6-4-2/h5,7,11,13,17,19,23,25,28-29,31,33,37,39,42-45,50,52,57-60,62-69,71-73,75-79H,3-4,6,8-10,12,14-16,18,20-22,24,26-27,30,32,34-36,38,40-41,46-49,51,53-56H2,1-2H3,(H,70,74)/b7-5-,13-11-,19-17-,25-23-,29-28-,33-31-,39-37-,44-42+,45-43-,52-50+. The molecule has 0 aliphatic carbocycles. The van der Waals surface area contributed by atoms with E-state index >= 15 is 0 Å². The molecular formula is C69H115NO13. The van der Waals surface area contributed by atoms with E-state index in [1.165, 1.54) is 103 Å². The number of allylic oxidation sites excluding steroid dienone is 19. The second-order valence-corrected chi connectivity index (χ2v) is 22.1. The van der Waals surface area contributed by atoms with Crippen LogP contribution < -0.4 is 5.32 Å². The van der Waals surface area contributed by atoms with Gasteiger partial charge in [-0.15, -0.1) is 0 Å². The number of hydrogen-bond donors (Lipinski definition) is 9. The molecular weight excluding hydrogens is 1050 g/mol. The van der Waals surface area contributed by atoms with Gasteiger partial charge in [-0.05, 0) is 96.3 Å². The predicted octanol–water partition coefficient (Wildman–Crippen LogP) is 12.2. The minimum absolute atomic E-state index is 0.210. The molecule has 0 saturated carbocycles. The van der Waals surface area contributed by atoms with Crippen molar-refractivity contribution < 1.29 is 64.6 Å². The highest BCUT2D eigenvalue weighted by atomic mass is 16.7. The van der Waals surface area contributed by atoms with Crippen LogP contribution in [-0.4, -0.2) is 140 Å². The zero-order chi connectivity index (χ0) is 60.2. The molecule has 0 spiro atoms. The van der Waals surface area contributed by atoms with Gasteiger partial charge in [0.15, 0.2) is 12.6 Å². The van der Waals surface area contributed by atoms with Gasteiger partial charge in [0.1, 0.15) is 48.8 Å². The Balaban J connectivity index is 1.78. The van der Waals surface area contributed by atoms with Crippen LogP contribution in [0.15, 0.2) is 122 Å². The molecule has 2 aliphatic rings. The van der Waals surface area contributed by atoms with Crippen molar-refractivity contribution in [2.75, 3.05) is 19.8 Å². The Morgan fingerprint density at radius 2 is 0.843 bits per heavy atom. The third-order valence-corrected chi connectivity index (χ3v) is 14.9. The van der Waals surface area contributed by atoms with Crippen LogP contribution in [0, 0.1) is 0 Å². The van der Waals surface area contributed by atoms with Crippen molar-refractivity contribution in [3.63, 3.8) is 0 Å². The molecule has 12 unspecified atom stereocenters. The van der Waals surface area contributed by atoms with Gasteiger partial charge in [-0.25, -0.2) is 0 Å². The summed E-state index contributed by atoms with van der Waals surface area (Å²) in [5.41, 5.74) is 0. The van der Waals surface area contributed by atoms with E-state index in [1.807, 2.05) is 6.08 Å². The molecule has 2 heterocycles. The fourth-order valence-electron chi connectivity index (χ4n) is 9.73. The van der Waals surface area contributed by atoms with Crippen LogP contribution in [0.1, 0.15) is 213 Å². The molecule has 474 valence electrons. The summed E-state index contributed by atoms with van der Waals surface area (Å²) in [7, 11) is 0. The number of aliphatic hydroxyl groups excluding tert-OH is 8. The van der Waals surface area contributed by atoms with Gasteiger partial charge in [0.25, 0.3) is 0 Å². The molecule has 9 N–H and O–H groups in total. The Hall–Kier alpha value is -3.61. The van der Waals surface area contributed by atoms with Crippen molar-refractivity contribution >= 4 is 5.91 Å². The Morgan fingerprint density at radius 1 is 0.446 bits per heavy atom. The van der Waals surface area contributed by atoms with E-state index in [-0.39, 0.29) is 18.9 Å². The lowest BCUT2D eigenvalue weighted by Crippen LogP contribution is -2.65. The third-order valence-electron chi connectivity index (χ3n) is 14.9. The highest BCUT2D eigenvalue weighted by molar-refractivity contribution is 5.76. The minimum Gasteiger partial charge on any atom is -0.394 e. The van der Waals surface area contributed by atoms with Crippen LogP contribution in [-0.2, 0) is 23.7 Å². The van der Waals surface area contributed by atoms with E-state index in [9.17, 15) is 45.6 Å². The maximum Gasteiger partial charge on any atom is 0.220 e. The van der Waals surface area contributed by atoms with Crippen LogP contribution in [0.2, 0.25) is 0 Å². The van der Waals surface area contributed by atoms with Crippen LogP contribution in [0.3, 0.4) is 0 Å². The van der Waals surface area contributed by atoms with Gasteiger partial charge in [-0.1, -0.05) is 232 Å². The number of amides is 1. The summed E-state index contributed by atoms with van der Waals surface area (Å²) in [4.78, 5) is 13.3. The molecule has 14 nitrogen and oxygen atoms in total. The molecule has 2 fully saturated rings.